The molecule has 39 heavy (non-hydrogen) atoms. The van der Waals surface area contributed by atoms with Gasteiger partial charge in [-0.3, -0.25) is 14.3 Å². The zero-order valence-electron chi connectivity index (χ0n) is 21.5. The Kier molecular flexibility index (Phi) is 7.93. The van der Waals surface area contributed by atoms with E-state index in [1.54, 1.807) is 55.6 Å². The molecule has 0 saturated heterocycles. The molecule has 0 aliphatic carbocycles. The fourth-order valence-corrected chi connectivity index (χ4v) is 5.76. The molecule has 0 aliphatic rings. The van der Waals surface area contributed by atoms with E-state index in [4.69, 9.17) is 0 Å². The largest absolute Gasteiger partial charge is 0.326 e. The highest BCUT2D eigenvalue weighted by Crippen LogP contribution is 2.31. The number of hydrogen-bond donors (Lipinski definition) is 3. The van der Waals surface area contributed by atoms with Crippen molar-refractivity contribution < 1.29 is 21.6 Å². The third kappa shape index (κ3) is 6.75. The number of nitrogens with zero attached hydrogens (tertiary/aromatic N) is 1. The smallest absolute Gasteiger partial charge is 0.307 e. The van der Waals surface area contributed by atoms with Gasteiger partial charge in [0.05, 0.1) is 21.2 Å². The molecule has 0 spiro atoms. The second-order valence-electron chi connectivity index (χ2n) is 8.92. The molecule has 11 heteroatoms. The number of benzene rings is 4. The standard InChI is InChI=1S/C28H28N4O5S2/c1-20-9-14-24(15-10-20)38(34,35)30-26-18-13-22(29-28(33)32(3)23-7-5-4-6-8-23)19-27(26)31-39(36,37)25-16-11-21(2)12-17-25/h4-19,30-31H,1-3H3,(H,29,33). The Bertz CT molecular complexity index is 1690. The summed E-state index contributed by atoms with van der Waals surface area (Å²) in [7, 11) is -6.54. The summed E-state index contributed by atoms with van der Waals surface area (Å²) in [4.78, 5) is 14.3. The van der Waals surface area contributed by atoms with Crippen LogP contribution in [0, 0.1) is 13.8 Å². The van der Waals surface area contributed by atoms with Crippen LogP contribution in [0.2, 0.25) is 0 Å². The van der Waals surface area contributed by atoms with Gasteiger partial charge in [0.1, 0.15) is 0 Å². The highest BCUT2D eigenvalue weighted by Gasteiger charge is 2.21. The predicted octanol–water partition coefficient (Wildman–Crippen LogP) is 5.57. The molecule has 0 aromatic heterocycles. The van der Waals surface area contributed by atoms with E-state index in [0.717, 1.165) is 11.1 Å². The number of rotatable bonds is 8. The molecule has 0 atom stereocenters. The Morgan fingerprint density at radius 2 is 1.13 bits per heavy atom. The van der Waals surface area contributed by atoms with Gasteiger partial charge < -0.3 is 5.32 Å². The normalized spacial score (nSPS) is 11.5. The maximum absolute atomic E-state index is 13.2. The molecule has 0 heterocycles. The van der Waals surface area contributed by atoms with Gasteiger partial charge in [0, 0.05) is 18.4 Å². The first-order valence-electron chi connectivity index (χ1n) is 11.9. The fraction of sp³-hybridized carbons (Fsp3) is 0.107. The van der Waals surface area contributed by atoms with Crippen LogP contribution in [0.4, 0.5) is 27.5 Å². The van der Waals surface area contributed by atoms with Crippen molar-refractivity contribution in [3.05, 3.63) is 108 Å². The van der Waals surface area contributed by atoms with E-state index in [1.165, 1.54) is 47.4 Å². The number of urea groups is 1. The quantitative estimate of drug-likeness (QED) is 0.258. The molecule has 4 aromatic carbocycles. The number of sulfonamides is 2. The highest BCUT2D eigenvalue weighted by molar-refractivity contribution is 7.93. The van der Waals surface area contributed by atoms with Crippen molar-refractivity contribution in [2.75, 3.05) is 26.7 Å². The molecule has 202 valence electrons. The van der Waals surface area contributed by atoms with Crippen LogP contribution in [0.3, 0.4) is 0 Å². The Balaban J connectivity index is 1.68. The summed E-state index contributed by atoms with van der Waals surface area (Å²) >= 11 is 0. The number of anilines is 4. The fourth-order valence-electron chi connectivity index (χ4n) is 3.61. The monoisotopic (exact) mass is 564 g/mol. The molecule has 4 rings (SSSR count). The third-order valence-electron chi connectivity index (χ3n) is 5.87. The SMILES string of the molecule is Cc1ccc(S(=O)(=O)Nc2ccc(NC(=O)N(C)c3ccccc3)cc2NS(=O)(=O)c2ccc(C)cc2)cc1. The summed E-state index contributed by atoms with van der Waals surface area (Å²) in [5.41, 5.74) is 2.60. The maximum Gasteiger partial charge on any atom is 0.326 e. The van der Waals surface area contributed by atoms with Crippen LogP contribution in [-0.4, -0.2) is 29.9 Å². The van der Waals surface area contributed by atoms with Crippen molar-refractivity contribution in [3.63, 3.8) is 0 Å². The lowest BCUT2D eigenvalue weighted by molar-refractivity contribution is 0.258. The summed E-state index contributed by atoms with van der Waals surface area (Å²) < 4.78 is 57.4. The lowest BCUT2D eigenvalue weighted by atomic mass is 10.2. The number of aryl methyl sites for hydroxylation is 2. The van der Waals surface area contributed by atoms with Crippen molar-refractivity contribution in [2.24, 2.45) is 0 Å². The topological polar surface area (TPSA) is 125 Å². The minimum absolute atomic E-state index is 0.00121. The Morgan fingerprint density at radius 1 is 0.641 bits per heavy atom. The van der Waals surface area contributed by atoms with Crippen LogP contribution < -0.4 is 19.7 Å². The minimum Gasteiger partial charge on any atom is -0.307 e. The second-order valence-corrected chi connectivity index (χ2v) is 12.3. The Morgan fingerprint density at radius 3 is 1.64 bits per heavy atom. The first kappa shape index (κ1) is 27.7. The molecule has 0 saturated carbocycles. The second kappa shape index (κ2) is 11.2. The summed E-state index contributed by atoms with van der Waals surface area (Å²) in [6.45, 7) is 3.67. The molecule has 9 nitrogen and oxygen atoms in total. The first-order chi connectivity index (χ1) is 18.4. The average Bonchev–Trinajstić information content (AvgIpc) is 2.90. The number of amides is 2. The zero-order chi connectivity index (χ0) is 28.2. The van der Waals surface area contributed by atoms with E-state index < -0.39 is 26.1 Å². The predicted molar refractivity (Wildman–Crippen MR) is 154 cm³/mol. The van der Waals surface area contributed by atoms with Gasteiger partial charge in [-0.05, 0) is 68.4 Å². The van der Waals surface area contributed by atoms with Crippen molar-refractivity contribution in [2.45, 2.75) is 23.6 Å². The summed E-state index contributed by atoms with van der Waals surface area (Å²) in [5.74, 6) is 0. The number of nitrogens with one attached hydrogen (secondary N) is 3. The molecular formula is C28H28N4O5S2. The minimum atomic E-state index is -4.09. The van der Waals surface area contributed by atoms with Crippen molar-refractivity contribution >= 4 is 48.8 Å². The average molecular weight is 565 g/mol. The van der Waals surface area contributed by atoms with E-state index in [0.29, 0.717) is 5.69 Å². The molecular weight excluding hydrogens is 536 g/mol. The van der Waals surface area contributed by atoms with Crippen LogP contribution in [-0.2, 0) is 20.0 Å². The van der Waals surface area contributed by atoms with E-state index in [-0.39, 0.29) is 26.9 Å². The van der Waals surface area contributed by atoms with E-state index in [2.05, 4.69) is 14.8 Å². The van der Waals surface area contributed by atoms with Gasteiger partial charge in [0.25, 0.3) is 20.0 Å². The number of hydrogen-bond acceptors (Lipinski definition) is 5. The molecule has 2 amide bonds. The number of carbonyl (C=O) groups is 1. The number of para-hydroxylation sites is 1. The van der Waals surface area contributed by atoms with Crippen LogP contribution in [0.25, 0.3) is 0 Å². The van der Waals surface area contributed by atoms with Gasteiger partial charge >= 0.3 is 6.03 Å². The number of carbonyl (C=O) groups excluding carboxylic acids is 1. The van der Waals surface area contributed by atoms with Crippen LogP contribution in [0.5, 0.6) is 0 Å². The van der Waals surface area contributed by atoms with Gasteiger partial charge in [0.15, 0.2) is 0 Å². The van der Waals surface area contributed by atoms with Crippen LogP contribution >= 0.6 is 0 Å². The van der Waals surface area contributed by atoms with Crippen LogP contribution in [0.1, 0.15) is 11.1 Å². The summed E-state index contributed by atoms with van der Waals surface area (Å²) in [6.07, 6.45) is 0. The maximum atomic E-state index is 13.2. The van der Waals surface area contributed by atoms with Gasteiger partial charge in [-0.2, -0.15) is 0 Å². The van der Waals surface area contributed by atoms with E-state index >= 15 is 0 Å². The molecule has 0 aliphatic heterocycles. The molecule has 0 fully saturated rings. The van der Waals surface area contributed by atoms with E-state index in [9.17, 15) is 21.6 Å². The molecule has 4 aromatic rings. The lowest BCUT2D eigenvalue weighted by Crippen LogP contribution is -2.31. The van der Waals surface area contributed by atoms with Gasteiger partial charge in [-0.15, -0.1) is 0 Å². The Hall–Kier alpha value is -4.35. The highest BCUT2D eigenvalue weighted by atomic mass is 32.2. The molecule has 3 N–H and O–H groups in total. The van der Waals surface area contributed by atoms with Crippen LogP contribution in [0.15, 0.2) is 107 Å². The van der Waals surface area contributed by atoms with Gasteiger partial charge in [-0.25, -0.2) is 21.6 Å². The van der Waals surface area contributed by atoms with Crippen molar-refractivity contribution in [1.29, 1.82) is 0 Å². The first-order valence-corrected chi connectivity index (χ1v) is 14.8. The van der Waals surface area contributed by atoms with E-state index in [1.807, 2.05) is 19.9 Å². The third-order valence-corrected chi connectivity index (χ3v) is 8.63. The molecule has 0 unspecified atom stereocenters. The molecule has 0 radical (unpaired) electrons. The summed E-state index contributed by atoms with van der Waals surface area (Å²) in [6, 6.07) is 25.2. The van der Waals surface area contributed by atoms with Gasteiger partial charge in [0.2, 0.25) is 0 Å². The lowest BCUT2D eigenvalue weighted by Gasteiger charge is -2.20. The molecule has 0 bridgehead atoms. The summed E-state index contributed by atoms with van der Waals surface area (Å²) in [5, 5.41) is 2.72. The Labute approximate surface area is 228 Å². The van der Waals surface area contributed by atoms with Crippen molar-refractivity contribution in [3.8, 4) is 0 Å². The zero-order valence-corrected chi connectivity index (χ0v) is 23.2. The van der Waals surface area contributed by atoms with Crippen molar-refractivity contribution in [1.82, 2.24) is 0 Å². The van der Waals surface area contributed by atoms with Gasteiger partial charge in [-0.1, -0.05) is 53.6 Å².